The molecule has 2 nitrogen and oxygen atoms in total. The maximum atomic E-state index is 3.79. The van der Waals surface area contributed by atoms with E-state index in [-0.39, 0.29) is 0 Å². The van der Waals surface area contributed by atoms with Crippen LogP contribution in [0.5, 0.6) is 0 Å². The summed E-state index contributed by atoms with van der Waals surface area (Å²) >= 11 is 0. The standard InChI is InChI=1S/C19H40N2/c1-7-16-11-12-18(20-10-4)19(13-16)21(14-15(5)6)17(8-2)9-3/h15-20H,7-14H2,1-6H3. The molecule has 0 spiro atoms. The summed E-state index contributed by atoms with van der Waals surface area (Å²) in [7, 11) is 0. The van der Waals surface area contributed by atoms with E-state index in [1.165, 1.54) is 45.1 Å². The van der Waals surface area contributed by atoms with Gasteiger partial charge in [0.1, 0.15) is 0 Å². The summed E-state index contributed by atoms with van der Waals surface area (Å²) in [6.07, 6.45) is 8.12. The molecule has 1 aliphatic rings. The van der Waals surface area contributed by atoms with E-state index < -0.39 is 0 Å². The van der Waals surface area contributed by atoms with Crippen LogP contribution < -0.4 is 5.32 Å². The molecule has 0 bridgehead atoms. The van der Waals surface area contributed by atoms with Crippen molar-refractivity contribution in [3.8, 4) is 0 Å². The molecule has 2 heteroatoms. The predicted octanol–water partition coefficient (Wildman–Crippen LogP) is 4.69. The van der Waals surface area contributed by atoms with Crippen molar-refractivity contribution in [3.63, 3.8) is 0 Å². The fourth-order valence-corrected chi connectivity index (χ4v) is 4.20. The first kappa shape index (κ1) is 19.0. The Bertz CT molecular complexity index is 260. The molecule has 0 radical (unpaired) electrons. The van der Waals surface area contributed by atoms with Crippen molar-refractivity contribution < 1.29 is 0 Å². The van der Waals surface area contributed by atoms with Crippen LogP contribution in [0.15, 0.2) is 0 Å². The zero-order chi connectivity index (χ0) is 15.8. The summed E-state index contributed by atoms with van der Waals surface area (Å²) in [4.78, 5) is 2.87. The van der Waals surface area contributed by atoms with E-state index in [0.717, 1.165) is 30.5 Å². The van der Waals surface area contributed by atoms with E-state index in [0.29, 0.717) is 6.04 Å². The van der Waals surface area contributed by atoms with Crippen LogP contribution in [-0.2, 0) is 0 Å². The number of likely N-dealkylation sites (N-methyl/N-ethyl adjacent to an activating group) is 1. The predicted molar refractivity (Wildman–Crippen MR) is 94.8 cm³/mol. The second-order valence-corrected chi connectivity index (χ2v) is 7.38. The third-order valence-corrected chi connectivity index (χ3v) is 5.38. The minimum atomic E-state index is 0.706. The molecule has 0 aromatic carbocycles. The van der Waals surface area contributed by atoms with Crippen LogP contribution in [0, 0.1) is 11.8 Å². The normalized spacial score (nSPS) is 27.0. The summed E-state index contributed by atoms with van der Waals surface area (Å²) in [6.45, 7) is 16.5. The molecule has 1 N–H and O–H groups in total. The van der Waals surface area contributed by atoms with Crippen molar-refractivity contribution in [3.05, 3.63) is 0 Å². The molecule has 126 valence electrons. The van der Waals surface area contributed by atoms with E-state index in [1.54, 1.807) is 0 Å². The molecule has 0 aliphatic heterocycles. The lowest BCUT2D eigenvalue weighted by Gasteiger charge is -2.47. The van der Waals surface area contributed by atoms with Crippen molar-refractivity contribution in [2.45, 2.75) is 98.2 Å². The molecule has 1 aliphatic carbocycles. The highest BCUT2D eigenvalue weighted by molar-refractivity contribution is 4.93. The molecule has 0 saturated heterocycles. The number of rotatable bonds is 9. The minimum absolute atomic E-state index is 0.706. The van der Waals surface area contributed by atoms with Crippen LogP contribution in [0.2, 0.25) is 0 Å². The number of nitrogens with zero attached hydrogens (tertiary/aromatic N) is 1. The topological polar surface area (TPSA) is 15.3 Å². The third-order valence-electron chi connectivity index (χ3n) is 5.38. The van der Waals surface area contributed by atoms with E-state index in [2.05, 4.69) is 51.8 Å². The molecular weight excluding hydrogens is 256 g/mol. The number of hydrogen-bond acceptors (Lipinski definition) is 2. The van der Waals surface area contributed by atoms with Gasteiger partial charge in [0, 0.05) is 24.7 Å². The Balaban J connectivity index is 2.90. The summed E-state index contributed by atoms with van der Waals surface area (Å²) in [6, 6.07) is 2.21. The Morgan fingerprint density at radius 2 is 1.71 bits per heavy atom. The van der Waals surface area contributed by atoms with Crippen LogP contribution in [0.3, 0.4) is 0 Å². The smallest absolute Gasteiger partial charge is 0.0255 e. The van der Waals surface area contributed by atoms with Crippen molar-refractivity contribution >= 4 is 0 Å². The molecule has 21 heavy (non-hydrogen) atoms. The van der Waals surface area contributed by atoms with Gasteiger partial charge in [0.15, 0.2) is 0 Å². The Morgan fingerprint density at radius 3 is 2.19 bits per heavy atom. The Kier molecular flexibility index (Phi) is 8.89. The van der Waals surface area contributed by atoms with Gasteiger partial charge in [-0.05, 0) is 50.5 Å². The quantitative estimate of drug-likeness (QED) is 0.664. The molecule has 1 rings (SSSR count). The highest BCUT2D eigenvalue weighted by Crippen LogP contribution is 2.32. The molecule has 0 heterocycles. The monoisotopic (exact) mass is 296 g/mol. The lowest BCUT2D eigenvalue weighted by Crippen LogP contribution is -2.57. The van der Waals surface area contributed by atoms with Gasteiger partial charge in [-0.3, -0.25) is 4.90 Å². The molecule has 3 atom stereocenters. The van der Waals surface area contributed by atoms with Gasteiger partial charge in [0.25, 0.3) is 0 Å². The highest BCUT2D eigenvalue weighted by Gasteiger charge is 2.35. The molecule has 1 saturated carbocycles. The second-order valence-electron chi connectivity index (χ2n) is 7.38. The van der Waals surface area contributed by atoms with E-state index in [4.69, 9.17) is 0 Å². The zero-order valence-corrected chi connectivity index (χ0v) is 15.5. The minimum Gasteiger partial charge on any atom is -0.313 e. The molecule has 0 aromatic heterocycles. The van der Waals surface area contributed by atoms with Gasteiger partial charge in [0.05, 0.1) is 0 Å². The average Bonchev–Trinajstić information content (AvgIpc) is 2.48. The lowest BCUT2D eigenvalue weighted by atomic mass is 9.79. The molecule has 3 unspecified atom stereocenters. The van der Waals surface area contributed by atoms with Crippen LogP contribution in [0.4, 0.5) is 0 Å². The summed E-state index contributed by atoms with van der Waals surface area (Å²) in [5.74, 6) is 1.70. The van der Waals surface area contributed by atoms with E-state index >= 15 is 0 Å². The number of nitrogens with one attached hydrogen (secondary N) is 1. The molecule has 0 aromatic rings. The molecule has 0 amide bonds. The van der Waals surface area contributed by atoms with Crippen molar-refractivity contribution in [1.29, 1.82) is 0 Å². The van der Waals surface area contributed by atoms with Gasteiger partial charge in [0.2, 0.25) is 0 Å². The van der Waals surface area contributed by atoms with E-state index in [1.807, 2.05) is 0 Å². The first-order valence-electron chi connectivity index (χ1n) is 9.56. The van der Waals surface area contributed by atoms with Crippen molar-refractivity contribution in [1.82, 2.24) is 10.2 Å². The lowest BCUT2D eigenvalue weighted by molar-refractivity contribution is 0.0456. The second kappa shape index (κ2) is 9.84. The van der Waals surface area contributed by atoms with Crippen LogP contribution >= 0.6 is 0 Å². The highest BCUT2D eigenvalue weighted by atomic mass is 15.2. The van der Waals surface area contributed by atoms with Crippen molar-refractivity contribution in [2.24, 2.45) is 11.8 Å². The first-order valence-corrected chi connectivity index (χ1v) is 9.56. The first-order chi connectivity index (χ1) is 10.1. The van der Waals surface area contributed by atoms with Crippen molar-refractivity contribution in [2.75, 3.05) is 13.1 Å². The third kappa shape index (κ3) is 5.56. The van der Waals surface area contributed by atoms with Gasteiger partial charge < -0.3 is 5.32 Å². The zero-order valence-electron chi connectivity index (χ0n) is 15.5. The Hall–Kier alpha value is -0.0800. The van der Waals surface area contributed by atoms with E-state index in [9.17, 15) is 0 Å². The average molecular weight is 297 g/mol. The molecular formula is C19H40N2. The Morgan fingerprint density at radius 1 is 1.05 bits per heavy atom. The number of hydrogen-bond donors (Lipinski definition) is 1. The Labute approximate surface area is 134 Å². The fourth-order valence-electron chi connectivity index (χ4n) is 4.20. The van der Waals surface area contributed by atoms with Gasteiger partial charge in [-0.15, -0.1) is 0 Å². The summed E-state index contributed by atoms with van der Waals surface area (Å²) < 4.78 is 0. The van der Waals surface area contributed by atoms with Crippen LogP contribution in [-0.4, -0.2) is 36.1 Å². The summed E-state index contributed by atoms with van der Waals surface area (Å²) in [5.41, 5.74) is 0. The maximum Gasteiger partial charge on any atom is 0.0255 e. The summed E-state index contributed by atoms with van der Waals surface area (Å²) in [5, 5.41) is 3.79. The largest absolute Gasteiger partial charge is 0.313 e. The van der Waals surface area contributed by atoms with Crippen LogP contribution in [0.1, 0.15) is 80.1 Å². The molecule has 1 fully saturated rings. The SMILES string of the molecule is CCNC1CCC(CC)CC1N(CC(C)C)C(CC)CC. The van der Waals surface area contributed by atoms with Crippen LogP contribution in [0.25, 0.3) is 0 Å². The van der Waals surface area contributed by atoms with Gasteiger partial charge in [-0.1, -0.05) is 48.0 Å². The van der Waals surface area contributed by atoms with Gasteiger partial charge in [-0.2, -0.15) is 0 Å². The van der Waals surface area contributed by atoms with Gasteiger partial charge >= 0.3 is 0 Å². The maximum absolute atomic E-state index is 3.79. The van der Waals surface area contributed by atoms with Gasteiger partial charge in [-0.25, -0.2) is 0 Å². The fraction of sp³-hybridized carbons (Fsp3) is 1.00.